The Bertz CT molecular complexity index is 137. The summed E-state index contributed by atoms with van der Waals surface area (Å²) < 4.78 is 25.1. The van der Waals surface area contributed by atoms with Crippen LogP contribution < -0.4 is 11.1 Å². The highest BCUT2D eigenvalue weighted by Gasteiger charge is 2.21. The van der Waals surface area contributed by atoms with E-state index in [0.29, 0.717) is 19.9 Å². The van der Waals surface area contributed by atoms with E-state index in [2.05, 4.69) is 5.32 Å². The van der Waals surface area contributed by atoms with Crippen molar-refractivity contribution < 1.29 is 8.78 Å². The van der Waals surface area contributed by atoms with Crippen molar-refractivity contribution >= 4 is 0 Å². The highest BCUT2D eigenvalue weighted by atomic mass is 19.3. The molecule has 0 aliphatic heterocycles. The first-order valence-electron chi connectivity index (χ1n) is 5.00. The molecule has 0 aromatic carbocycles. The first kappa shape index (κ1) is 13.7. The molecule has 0 fully saturated rings. The molecule has 0 spiro atoms. The van der Waals surface area contributed by atoms with Gasteiger partial charge in [0.1, 0.15) is 0 Å². The van der Waals surface area contributed by atoms with E-state index >= 15 is 0 Å². The van der Waals surface area contributed by atoms with Gasteiger partial charge in [0.2, 0.25) is 5.92 Å². The van der Waals surface area contributed by atoms with Gasteiger partial charge in [0, 0.05) is 26.3 Å². The SMILES string of the molecule is CCCN(CCC(C)(F)F)CNCN. The molecule has 86 valence electrons. The second kappa shape index (κ2) is 7.09. The van der Waals surface area contributed by atoms with E-state index in [1.54, 1.807) is 0 Å². The van der Waals surface area contributed by atoms with Gasteiger partial charge in [-0.05, 0) is 19.9 Å². The molecule has 0 rings (SSSR count). The third-order valence-electron chi connectivity index (χ3n) is 1.89. The number of hydrogen-bond donors (Lipinski definition) is 2. The minimum Gasteiger partial charge on any atom is -0.318 e. The predicted octanol–water partition coefficient (Wildman–Crippen LogP) is 1.21. The van der Waals surface area contributed by atoms with Crippen LogP contribution in [0.3, 0.4) is 0 Å². The maximum Gasteiger partial charge on any atom is 0.246 e. The van der Waals surface area contributed by atoms with E-state index in [-0.39, 0.29) is 6.42 Å². The molecule has 14 heavy (non-hydrogen) atoms. The summed E-state index contributed by atoms with van der Waals surface area (Å²) in [4.78, 5) is 1.95. The van der Waals surface area contributed by atoms with Gasteiger partial charge in [-0.1, -0.05) is 6.92 Å². The zero-order chi connectivity index (χ0) is 11.0. The van der Waals surface area contributed by atoms with Crippen LogP contribution in [-0.2, 0) is 0 Å². The van der Waals surface area contributed by atoms with Gasteiger partial charge < -0.3 is 5.73 Å². The summed E-state index contributed by atoms with van der Waals surface area (Å²) in [5.41, 5.74) is 5.27. The summed E-state index contributed by atoms with van der Waals surface area (Å²) in [6.45, 7) is 5.17. The van der Waals surface area contributed by atoms with Gasteiger partial charge in [0.25, 0.3) is 0 Å². The standard InChI is InChI=1S/C9H21F2N3/c1-3-5-14(8-13-7-12)6-4-9(2,10)11/h13H,3-8,12H2,1-2H3. The smallest absolute Gasteiger partial charge is 0.246 e. The van der Waals surface area contributed by atoms with Crippen LogP contribution in [0, 0.1) is 0 Å². The molecule has 0 radical (unpaired) electrons. The van der Waals surface area contributed by atoms with Gasteiger partial charge in [-0.3, -0.25) is 10.2 Å². The lowest BCUT2D eigenvalue weighted by Gasteiger charge is -2.23. The van der Waals surface area contributed by atoms with Crippen molar-refractivity contribution in [1.29, 1.82) is 0 Å². The zero-order valence-corrected chi connectivity index (χ0v) is 9.02. The van der Waals surface area contributed by atoms with Crippen LogP contribution >= 0.6 is 0 Å². The summed E-state index contributed by atoms with van der Waals surface area (Å²) in [5.74, 6) is -2.57. The molecule has 3 nitrogen and oxygen atoms in total. The maximum atomic E-state index is 12.6. The van der Waals surface area contributed by atoms with Crippen LogP contribution in [0.4, 0.5) is 8.78 Å². The van der Waals surface area contributed by atoms with Crippen molar-refractivity contribution in [3.8, 4) is 0 Å². The van der Waals surface area contributed by atoms with Crippen molar-refractivity contribution in [2.45, 2.75) is 32.6 Å². The monoisotopic (exact) mass is 209 g/mol. The Labute approximate surface area is 84.6 Å². The summed E-state index contributed by atoms with van der Waals surface area (Å²) in [7, 11) is 0. The molecule has 0 heterocycles. The number of nitrogens with zero attached hydrogens (tertiary/aromatic N) is 1. The highest BCUT2D eigenvalue weighted by molar-refractivity contribution is 4.63. The molecular formula is C9H21F2N3. The molecule has 0 atom stereocenters. The Morgan fingerprint density at radius 2 is 2.00 bits per heavy atom. The van der Waals surface area contributed by atoms with E-state index in [4.69, 9.17) is 5.73 Å². The molecule has 0 aromatic heterocycles. The predicted molar refractivity (Wildman–Crippen MR) is 54.2 cm³/mol. The number of rotatable bonds is 8. The molecule has 0 aromatic rings. The van der Waals surface area contributed by atoms with Crippen molar-refractivity contribution in [2.75, 3.05) is 26.4 Å². The number of nitrogens with one attached hydrogen (secondary N) is 1. The van der Waals surface area contributed by atoms with Crippen LogP contribution in [0.5, 0.6) is 0 Å². The first-order valence-corrected chi connectivity index (χ1v) is 5.00. The fourth-order valence-electron chi connectivity index (χ4n) is 1.16. The molecule has 5 heteroatoms. The summed E-state index contributed by atoms with van der Waals surface area (Å²) >= 11 is 0. The normalized spacial score (nSPS) is 12.4. The number of hydrogen-bond acceptors (Lipinski definition) is 3. The highest BCUT2D eigenvalue weighted by Crippen LogP contribution is 2.16. The molecule has 0 aliphatic rings. The fraction of sp³-hybridized carbons (Fsp3) is 1.00. The Morgan fingerprint density at radius 3 is 2.43 bits per heavy atom. The average molecular weight is 209 g/mol. The molecule has 0 amide bonds. The largest absolute Gasteiger partial charge is 0.318 e. The third-order valence-corrected chi connectivity index (χ3v) is 1.89. The Kier molecular flexibility index (Phi) is 6.96. The topological polar surface area (TPSA) is 41.3 Å². The minimum absolute atomic E-state index is 0.0980. The van der Waals surface area contributed by atoms with E-state index in [1.165, 1.54) is 0 Å². The van der Waals surface area contributed by atoms with Gasteiger partial charge in [0.15, 0.2) is 0 Å². The molecule has 0 bridgehead atoms. The quantitative estimate of drug-likeness (QED) is 0.590. The average Bonchev–Trinajstić information content (AvgIpc) is 2.08. The van der Waals surface area contributed by atoms with E-state index in [9.17, 15) is 8.78 Å². The minimum atomic E-state index is -2.57. The van der Waals surface area contributed by atoms with Gasteiger partial charge in [-0.25, -0.2) is 8.78 Å². The second-order valence-electron chi connectivity index (χ2n) is 3.55. The Hall–Kier alpha value is -0.260. The van der Waals surface area contributed by atoms with Crippen LogP contribution in [0.25, 0.3) is 0 Å². The number of nitrogens with two attached hydrogens (primary N) is 1. The van der Waals surface area contributed by atoms with Crippen LogP contribution in [0.1, 0.15) is 26.7 Å². The lowest BCUT2D eigenvalue weighted by Crippen LogP contribution is -2.39. The molecule has 0 aliphatic carbocycles. The van der Waals surface area contributed by atoms with E-state index in [1.807, 2.05) is 11.8 Å². The Balaban J connectivity index is 3.72. The lowest BCUT2D eigenvalue weighted by molar-refractivity contribution is 0.00258. The molecule has 0 unspecified atom stereocenters. The molecular weight excluding hydrogens is 188 g/mol. The van der Waals surface area contributed by atoms with Gasteiger partial charge in [0.05, 0.1) is 0 Å². The molecule has 0 saturated heterocycles. The summed E-state index contributed by atoms with van der Waals surface area (Å²) in [6, 6.07) is 0. The Morgan fingerprint density at radius 1 is 1.36 bits per heavy atom. The zero-order valence-electron chi connectivity index (χ0n) is 9.02. The van der Waals surface area contributed by atoms with Crippen molar-refractivity contribution in [3.05, 3.63) is 0 Å². The van der Waals surface area contributed by atoms with Crippen molar-refractivity contribution in [2.24, 2.45) is 5.73 Å². The van der Waals surface area contributed by atoms with Crippen molar-refractivity contribution in [3.63, 3.8) is 0 Å². The first-order chi connectivity index (χ1) is 6.49. The van der Waals surface area contributed by atoms with Gasteiger partial charge >= 0.3 is 0 Å². The molecule has 0 saturated carbocycles. The summed E-state index contributed by atoms with van der Waals surface area (Å²) in [5, 5.41) is 2.93. The number of halogens is 2. The number of alkyl halides is 2. The summed E-state index contributed by atoms with van der Waals surface area (Å²) in [6.07, 6.45) is 0.862. The van der Waals surface area contributed by atoms with E-state index < -0.39 is 5.92 Å². The maximum absolute atomic E-state index is 12.6. The van der Waals surface area contributed by atoms with Gasteiger partial charge in [-0.2, -0.15) is 0 Å². The fourth-order valence-corrected chi connectivity index (χ4v) is 1.16. The molecule has 3 N–H and O–H groups in total. The third kappa shape index (κ3) is 8.34. The van der Waals surface area contributed by atoms with Crippen LogP contribution in [0.15, 0.2) is 0 Å². The lowest BCUT2D eigenvalue weighted by atomic mass is 10.2. The van der Waals surface area contributed by atoms with Crippen LogP contribution in [-0.4, -0.2) is 37.2 Å². The van der Waals surface area contributed by atoms with E-state index in [0.717, 1.165) is 19.9 Å². The van der Waals surface area contributed by atoms with Crippen LogP contribution in [0.2, 0.25) is 0 Å². The van der Waals surface area contributed by atoms with Gasteiger partial charge in [-0.15, -0.1) is 0 Å². The second-order valence-corrected chi connectivity index (χ2v) is 3.55. The van der Waals surface area contributed by atoms with Crippen molar-refractivity contribution in [1.82, 2.24) is 10.2 Å².